The van der Waals surface area contributed by atoms with Crippen LogP contribution in [0.3, 0.4) is 0 Å². The van der Waals surface area contributed by atoms with Crippen LogP contribution >= 0.6 is 0 Å². The number of aromatic amines is 1. The zero-order valence-corrected chi connectivity index (χ0v) is 5.74. The van der Waals surface area contributed by atoms with E-state index in [1.165, 1.54) is 6.07 Å². The van der Waals surface area contributed by atoms with E-state index in [0.29, 0.717) is 0 Å². The van der Waals surface area contributed by atoms with Crippen LogP contribution < -0.4 is 11.2 Å². The van der Waals surface area contributed by atoms with Gasteiger partial charge in [0.05, 0.1) is 5.52 Å². The Morgan fingerprint density at radius 3 is 3.09 bits per heavy atom. The van der Waals surface area contributed by atoms with Crippen molar-refractivity contribution in [2.45, 2.75) is 0 Å². The zero-order valence-electron chi connectivity index (χ0n) is 5.74. The number of rotatable bonds is 0. The first-order valence-corrected chi connectivity index (χ1v) is 3.23. The number of pyridine rings is 1. The molecule has 0 aliphatic rings. The Kier molecular flexibility index (Phi) is 1.03. The van der Waals surface area contributed by atoms with Crippen LogP contribution in [0.5, 0.6) is 0 Å². The van der Waals surface area contributed by atoms with E-state index >= 15 is 0 Å². The summed E-state index contributed by atoms with van der Waals surface area (Å²) in [5.41, 5.74) is 6.38. The fourth-order valence-corrected chi connectivity index (χ4v) is 1.05. The van der Waals surface area contributed by atoms with Gasteiger partial charge in [-0.2, -0.15) is 0 Å². The number of nitrogens with one attached hydrogen (secondary N) is 1. The minimum Gasteiger partial charge on any atom is -0.394 e. The highest BCUT2D eigenvalue weighted by molar-refractivity contribution is 5.68. The van der Waals surface area contributed by atoms with Crippen molar-refractivity contribution in [1.29, 1.82) is 0 Å². The van der Waals surface area contributed by atoms with Crippen LogP contribution in [-0.4, -0.2) is 9.61 Å². The summed E-state index contributed by atoms with van der Waals surface area (Å²) in [5.74, 6) is 0. The van der Waals surface area contributed by atoms with E-state index in [9.17, 15) is 4.79 Å². The van der Waals surface area contributed by atoms with Gasteiger partial charge in [0.2, 0.25) is 5.43 Å². The number of aromatic nitrogens is 2. The van der Waals surface area contributed by atoms with E-state index < -0.39 is 0 Å². The predicted molar refractivity (Wildman–Crippen MR) is 42.4 cm³/mol. The highest BCUT2D eigenvalue weighted by Crippen LogP contribution is 2.05. The minimum absolute atomic E-state index is 0.135. The van der Waals surface area contributed by atoms with Gasteiger partial charge in [0.25, 0.3) is 0 Å². The molecule has 2 aromatic rings. The number of hydrogen-bond donors (Lipinski definition) is 2. The average Bonchev–Trinajstić information content (AvgIpc) is 2.45. The molecule has 0 bridgehead atoms. The lowest BCUT2D eigenvalue weighted by molar-refractivity contribution is 0.960. The number of nitrogen functional groups attached to an aromatic ring is 1. The number of nitrogens with zero attached hydrogens (tertiary/aromatic N) is 1. The Balaban J connectivity index is 3.04. The Bertz CT molecular complexity index is 440. The summed E-state index contributed by atoms with van der Waals surface area (Å²) in [6.07, 6.45) is 3.37. The predicted octanol–water partition coefficient (Wildman–Crippen LogP) is 0.210. The Labute approximate surface area is 62.2 Å². The molecule has 0 fully saturated rings. The van der Waals surface area contributed by atoms with Crippen molar-refractivity contribution >= 4 is 11.2 Å². The smallest absolute Gasteiger partial charge is 0.205 e. The van der Waals surface area contributed by atoms with E-state index in [0.717, 1.165) is 5.52 Å². The molecule has 0 amide bonds. The van der Waals surface area contributed by atoms with Crippen molar-refractivity contribution < 1.29 is 0 Å². The van der Waals surface area contributed by atoms with Crippen LogP contribution in [0, 0.1) is 0 Å². The largest absolute Gasteiger partial charge is 0.394 e. The third-order valence-electron chi connectivity index (χ3n) is 1.63. The molecule has 0 aliphatic heterocycles. The lowest BCUT2D eigenvalue weighted by atomic mass is 10.3. The van der Waals surface area contributed by atoms with Crippen LogP contribution in [0.25, 0.3) is 5.52 Å². The van der Waals surface area contributed by atoms with Gasteiger partial charge in [-0.3, -0.25) is 9.31 Å². The third kappa shape index (κ3) is 0.724. The molecule has 0 aliphatic carbocycles. The van der Waals surface area contributed by atoms with E-state index in [-0.39, 0.29) is 11.1 Å². The van der Waals surface area contributed by atoms with Crippen molar-refractivity contribution in [2.75, 3.05) is 5.73 Å². The second-order valence-electron chi connectivity index (χ2n) is 2.31. The molecular weight excluding hydrogens is 142 g/mol. The van der Waals surface area contributed by atoms with Gasteiger partial charge in [-0.25, -0.2) is 0 Å². The maximum Gasteiger partial charge on any atom is 0.205 e. The summed E-state index contributed by atoms with van der Waals surface area (Å²) >= 11 is 0. The molecule has 0 radical (unpaired) electrons. The van der Waals surface area contributed by atoms with Crippen molar-refractivity contribution in [3.05, 3.63) is 34.7 Å². The highest BCUT2D eigenvalue weighted by atomic mass is 16.1. The molecule has 56 valence electrons. The highest BCUT2D eigenvalue weighted by Gasteiger charge is 1.99. The lowest BCUT2D eigenvalue weighted by Gasteiger charge is -1.94. The van der Waals surface area contributed by atoms with Gasteiger partial charge >= 0.3 is 0 Å². The zero-order chi connectivity index (χ0) is 7.84. The van der Waals surface area contributed by atoms with Crippen LogP contribution in [0.4, 0.5) is 5.69 Å². The second kappa shape index (κ2) is 1.88. The quantitative estimate of drug-likeness (QED) is 0.562. The fraction of sp³-hybridized carbons (Fsp3) is 0. The molecule has 0 saturated heterocycles. The average molecular weight is 149 g/mol. The molecule has 2 rings (SSSR count). The molecule has 0 saturated carbocycles. The fourth-order valence-electron chi connectivity index (χ4n) is 1.05. The summed E-state index contributed by atoms with van der Waals surface area (Å²) in [5, 5.41) is 2.89. The first-order valence-electron chi connectivity index (χ1n) is 3.23. The van der Waals surface area contributed by atoms with Crippen LogP contribution in [0.15, 0.2) is 29.3 Å². The van der Waals surface area contributed by atoms with Crippen molar-refractivity contribution in [3.8, 4) is 0 Å². The van der Waals surface area contributed by atoms with Crippen molar-refractivity contribution in [3.63, 3.8) is 0 Å². The molecule has 4 nitrogen and oxygen atoms in total. The first kappa shape index (κ1) is 6.03. The van der Waals surface area contributed by atoms with Gasteiger partial charge in [0.1, 0.15) is 5.69 Å². The van der Waals surface area contributed by atoms with Gasteiger partial charge in [-0.05, 0) is 6.07 Å². The maximum absolute atomic E-state index is 11.0. The molecule has 2 aromatic heterocycles. The summed E-state index contributed by atoms with van der Waals surface area (Å²) in [4.78, 5) is 11.0. The molecule has 0 atom stereocenters. The molecule has 0 spiro atoms. The van der Waals surface area contributed by atoms with E-state index in [4.69, 9.17) is 5.73 Å². The third-order valence-corrected chi connectivity index (χ3v) is 1.63. The Hall–Kier alpha value is -1.71. The molecule has 0 aromatic carbocycles. The van der Waals surface area contributed by atoms with E-state index in [2.05, 4.69) is 5.10 Å². The number of fused-ring (bicyclic) bond motifs is 1. The summed E-state index contributed by atoms with van der Waals surface area (Å²) in [7, 11) is 0. The number of nitrogens with two attached hydrogens (primary N) is 1. The van der Waals surface area contributed by atoms with E-state index in [1.54, 1.807) is 23.0 Å². The van der Waals surface area contributed by atoms with Crippen molar-refractivity contribution in [1.82, 2.24) is 9.61 Å². The number of anilines is 1. The topological polar surface area (TPSA) is 63.3 Å². The molecule has 2 heterocycles. The van der Waals surface area contributed by atoms with Crippen molar-refractivity contribution in [2.24, 2.45) is 0 Å². The number of hydrogen-bond acceptors (Lipinski definition) is 2. The SMILES string of the molecule is Nc1c(=O)ccn2[nH]ccc12. The molecule has 0 unspecified atom stereocenters. The number of H-pyrrole nitrogens is 1. The maximum atomic E-state index is 11.0. The standard InChI is InChI=1S/C7H7N3O/c8-7-5-1-3-9-10(5)4-2-6(7)11/h1-4,9H,8H2. The minimum atomic E-state index is -0.135. The molecule has 4 heteroatoms. The Morgan fingerprint density at radius 1 is 1.45 bits per heavy atom. The monoisotopic (exact) mass is 149 g/mol. The van der Waals surface area contributed by atoms with Gasteiger partial charge < -0.3 is 10.8 Å². The van der Waals surface area contributed by atoms with Crippen LogP contribution in [-0.2, 0) is 0 Å². The van der Waals surface area contributed by atoms with Gasteiger partial charge in [-0.1, -0.05) is 0 Å². The summed E-state index contributed by atoms with van der Waals surface area (Å²) < 4.78 is 1.69. The first-order chi connectivity index (χ1) is 5.29. The van der Waals surface area contributed by atoms with Gasteiger partial charge in [-0.15, -0.1) is 0 Å². The summed E-state index contributed by atoms with van der Waals surface area (Å²) in [6, 6.07) is 3.19. The van der Waals surface area contributed by atoms with Gasteiger partial charge in [0.15, 0.2) is 0 Å². The second-order valence-corrected chi connectivity index (χ2v) is 2.31. The Morgan fingerprint density at radius 2 is 2.27 bits per heavy atom. The lowest BCUT2D eigenvalue weighted by Crippen LogP contribution is -2.08. The molecule has 3 N–H and O–H groups in total. The normalized spacial score (nSPS) is 10.5. The van der Waals surface area contributed by atoms with Crippen LogP contribution in [0.1, 0.15) is 0 Å². The van der Waals surface area contributed by atoms with Gasteiger partial charge in [0, 0.05) is 18.5 Å². The molecular formula is C7H7N3O. The van der Waals surface area contributed by atoms with Crippen LogP contribution in [0.2, 0.25) is 0 Å². The molecule has 11 heavy (non-hydrogen) atoms. The van der Waals surface area contributed by atoms with E-state index in [1.807, 2.05) is 0 Å². The summed E-state index contributed by atoms with van der Waals surface area (Å²) in [6.45, 7) is 0.